The molecule has 3 nitrogen and oxygen atoms in total. The number of aliphatic hydroxyl groups excluding tert-OH is 1. The van der Waals surface area contributed by atoms with Gasteiger partial charge in [-0.2, -0.15) is 0 Å². The molecule has 3 atom stereocenters. The van der Waals surface area contributed by atoms with Crippen LogP contribution in [0.5, 0.6) is 0 Å². The minimum Gasteiger partial charge on any atom is -0.394 e. The monoisotopic (exact) mass is 220 g/mol. The lowest BCUT2D eigenvalue weighted by molar-refractivity contribution is -0.120. The van der Waals surface area contributed by atoms with Crippen LogP contribution >= 0.6 is 0 Å². The summed E-state index contributed by atoms with van der Waals surface area (Å²) < 4.78 is 24.3. The van der Waals surface area contributed by atoms with Gasteiger partial charge in [0, 0.05) is 0 Å². The van der Waals surface area contributed by atoms with Gasteiger partial charge in [0.05, 0.1) is 24.9 Å². The number of ether oxygens (including phenoxy) is 2. The van der Waals surface area contributed by atoms with Crippen LogP contribution in [0.3, 0.4) is 0 Å². The van der Waals surface area contributed by atoms with E-state index in [9.17, 15) is 4.39 Å². The fourth-order valence-electron chi connectivity index (χ4n) is 1.97. The highest BCUT2D eigenvalue weighted by molar-refractivity contribution is 4.87. The molecule has 0 aliphatic carbocycles. The Hall–Kier alpha value is -0.190. The lowest BCUT2D eigenvalue weighted by atomic mass is 10.0. The lowest BCUT2D eigenvalue weighted by Gasteiger charge is -2.27. The van der Waals surface area contributed by atoms with Crippen LogP contribution in [0.15, 0.2) is 0 Å². The predicted octanol–water partition coefficient (Wildman–Crippen LogP) is 1.68. The normalized spacial score (nSPS) is 29.0. The second-order valence-corrected chi connectivity index (χ2v) is 4.69. The zero-order valence-corrected chi connectivity index (χ0v) is 9.70. The SMILES string of the molecule is CC(F)C(OCCO)C1CCC(C)(C)O1. The van der Waals surface area contributed by atoms with Gasteiger partial charge in [0.2, 0.25) is 0 Å². The van der Waals surface area contributed by atoms with E-state index >= 15 is 0 Å². The second-order valence-electron chi connectivity index (χ2n) is 4.69. The van der Waals surface area contributed by atoms with Gasteiger partial charge in [0.15, 0.2) is 0 Å². The van der Waals surface area contributed by atoms with Gasteiger partial charge in [-0.1, -0.05) is 0 Å². The summed E-state index contributed by atoms with van der Waals surface area (Å²) in [5.41, 5.74) is -0.180. The smallest absolute Gasteiger partial charge is 0.126 e. The van der Waals surface area contributed by atoms with Crippen molar-refractivity contribution in [3.8, 4) is 0 Å². The van der Waals surface area contributed by atoms with Crippen molar-refractivity contribution >= 4 is 0 Å². The molecule has 3 unspecified atom stereocenters. The zero-order valence-electron chi connectivity index (χ0n) is 9.70. The van der Waals surface area contributed by atoms with Crippen LogP contribution in [0.2, 0.25) is 0 Å². The molecule has 1 fully saturated rings. The van der Waals surface area contributed by atoms with Gasteiger partial charge in [-0.25, -0.2) is 4.39 Å². The van der Waals surface area contributed by atoms with E-state index in [1.165, 1.54) is 6.92 Å². The fraction of sp³-hybridized carbons (Fsp3) is 1.00. The lowest BCUT2D eigenvalue weighted by Crippen LogP contribution is -2.38. The van der Waals surface area contributed by atoms with Crippen molar-refractivity contribution in [2.45, 2.75) is 57.6 Å². The highest BCUT2D eigenvalue weighted by atomic mass is 19.1. The van der Waals surface area contributed by atoms with Crippen LogP contribution in [0.4, 0.5) is 4.39 Å². The Bertz CT molecular complexity index is 194. The third-order valence-corrected chi connectivity index (χ3v) is 2.72. The zero-order chi connectivity index (χ0) is 11.5. The quantitative estimate of drug-likeness (QED) is 0.766. The van der Waals surface area contributed by atoms with Gasteiger partial charge in [0.1, 0.15) is 12.3 Å². The molecule has 90 valence electrons. The van der Waals surface area contributed by atoms with Crippen LogP contribution < -0.4 is 0 Å². The molecule has 1 aliphatic heterocycles. The molecule has 0 aromatic carbocycles. The summed E-state index contributed by atoms with van der Waals surface area (Å²) in [4.78, 5) is 0. The number of hydrogen-bond donors (Lipinski definition) is 1. The molecule has 0 aromatic rings. The van der Waals surface area contributed by atoms with E-state index in [1.54, 1.807) is 0 Å². The van der Waals surface area contributed by atoms with Crippen LogP contribution in [-0.4, -0.2) is 42.3 Å². The summed E-state index contributed by atoms with van der Waals surface area (Å²) in [5, 5.41) is 8.65. The molecule has 1 rings (SSSR count). The molecule has 4 heteroatoms. The summed E-state index contributed by atoms with van der Waals surface area (Å²) in [7, 11) is 0. The summed E-state index contributed by atoms with van der Waals surface area (Å²) in [6.45, 7) is 5.55. The topological polar surface area (TPSA) is 38.7 Å². The van der Waals surface area contributed by atoms with Crippen molar-refractivity contribution in [1.29, 1.82) is 0 Å². The molecular weight excluding hydrogens is 199 g/mol. The average Bonchev–Trinajstić information content (AvgIpc) is 2.46. The molecule has 1 saturated heterocycles. The number of aliphatic hydroxyl groups is 1. The maximum atomic E-state index is 13.3. The third kappa shape index (κ3) is 3.70. The van der Waals surface area contributed by atoms with Crippen molar-refractivity contribution in [3.05, 3.63) is 0 Å². The van der Waals surface area contributed by atoms with E-state index in [1.807, 2.05) is 13.8 Å². The Kier molecular flexibility index (Phi) is 4.49. The molecule has 0 saturated carbocycles. The first-order valence-electron chi connectivity index (χ1n) is 5.50. The largest absolute Gasteiger partial charge is 0.394 e. The van der Waals surface area contributed by atoms with E-state index in [0.29, 0.717) is 0 Å². The molecule has 0 amide bonds. The molecule has 15 heavy (non-hydrogen) atoms. The first-order chi connectivity index (χ1) is 6.96. The van der Waals surface area contributed by atoms with Gasteiger partial charge in [-0.05, 0) is 33.6 Å². The second kappa shape index (κ2) is 5.23. The van der Waals surface area contributed by atoms with Gasteiger partial charge >= 0.3 is 0 Å². The molecule has 0 radical (unpaired) electrons. The number of halogens is 1. The average molecular weight is 220 g/mol. The number of alkyl halides is 1. The van der Waals surface area contributed by atoms with Crippen LogP contribution in [0.1, 0.15) is 33.6 Å². The number of rotatable bonds is 5. The van der Waals surface area contributed by atoms with Gasteiger partial charge in [0.25, 0.3) is 0 Å². The first-order valence-corrected chi connectivity index (χ1v) is 5.50. The maximum absolute atomic E-state index is 13.3. The van der Waals surface area contributed by atoms with Crippen molar-refractivity contribution in [3.63, 3.8) is 0 Å². The summed E-state index contributed by atoms with van der Waals surface area (Å²) in [6, 6.07) is 0. The number of hydrogen-bond acceptors (Lipinski definition) is 3. The van der Waals surface area contributed by atoms with E-state index in [2.05, 4.69) is 0 Å². The molecule has 1 aliphatic rings. The molecule has 1 N–H and O–H groups in total. The highest BCUT2D eigenvalue weighted by Gasteiger charge is 2.39. The predicted molar refractivity (Wildman–Crippen MR) is 55.6 cm³/mol. The molecular formula is C11H21FO3. The van der Waals surface area contributed by atoms with E-state index < -0.39 is 12.3 Å². The minimum atomic E-state index is -1.07. The van der Waals surface area contributed by atoms with Gasteiger partial charge in [-0.3, -0.25) is 0 Å². The Balaban J connectivity index is 2.50. The van der Waals surface area contributed by atoms with Crippen molar-refractivity contribution < 1.29 is 19.0 Å². The van der Waals surface area contributed by atoms with Crippen molar-refractivity contribution in [2.24, 2.45) is 0 Å². The Morgan fingerprint density at radius 2 is 2.27 bits per heavy atom. The maximum Gasteiger partial charge on any atom is 0.126 e. The van der Waals surface area contributed by atoms with E-state index in [4.69, 9.17) is 14.6 Å². The van der Waals surface area contributed by atoms with E-state index in [-0.39, 0.29) is 24.9 Å². The van der Waals surface area contributed by atoms with Gasteiger partial charge < -0.3 is 14.6 Å². The molecule has 1 heterocycles. The summed E-state index contributed by atoms with van der Waals surface area (Å²) in [6.07, 6.45) is -0.0818. The van der Waals surface area contributed by atoms with E-state index in [0.717, 1.165) is 12.8 Å². The Labute approximate surface area is 90.6 Å². The summed E-state index contributed by atoms with van der Waals surface area (Å²) in [5.74, 6) is 0. The van der Waals surface area contributed by atoms with Crippen LogP contribution in [0, 0.1) is 0 Å². The Morgan fingerprint density at radius 3 is 2.67 bits per heavy atom. The summed E-state index contributed by atoms with van der Waals surface area (Å²) >= 11 is 0. The highest BCUT2D eigenvalue weighted by Crippen LogP contribution is 2.33. The fourth-order valence-corrected chi connectivity index (χ4v) is 1.97. The molecule has 0 aromatic heterocycles. The standard InChI is InChI=1S/C11H21FO3/c1-8(12)10(14-7-6-13)9-4-5-11(2,3)15-9/h8-10,13H,4-7H2,1-3H3. The molecule has 0 bridgehead atoms. The van der Waals surface area contributed by atoms with Crippen molar-refractivity contribution in [1.82, 2.24) is 0 Å². The van der Waals surface area contributed by atoms with Crippen LogP contribution in [-0.2, 0) is 9.47 Å². The first kappa shape index (κ1) is 12.9. The van der Waals surface area contributed by atoms with Gasteiger partial charge in [-0.15, -0.1) is 0 Å². The molecule has 0 spiro atoms. The van der Waals surface area contributed by atoms with Crippen molar-refractivity contribution in [2.75, 3.05) is 13.2 Å². The Morgan fingerprint density at radius 1 is 1.60 bits per heavy atom. The minimum absolute atomic E-state index is 0.0840. The van der Waals surface area contributed by atoms with Crippen LogP contribution in [0.25, 0.3) is 0 Å². The third-order valence-electron chi connectivity index (χ3n) is 2.72.